The zero-order valence-electron chi connectivity index (χ0n) is 23.9. The van der Waals surface area contributed by atoms with Crippen molar-refractivity contribution in [3.8, 4) is 0 Å². The van der Waals surface area contributed by atoms with Gasteiger partial charge in [0.25, 0.3) is 5.91 Å². The van der Waals surface area contributed by atoms with Crippen molar-refractivity contribution in [2.24, 2.45) is 11.8 Å². The molecule has 38 heavy (non-hydrogen) atoms. The summed E-state index contributed by atoms with van der Waals surface area (Å²) in [4.78, 5) is 26.9. The highest BCUT2D eigenvalue weighted by atomic mass is 19.1. The molecule has 2 fully saturated rings. The normalized spacial score (nSPS) is 16.8. The first kappa shape index (κ1) is 31.4. The number of benzene rings is 2. The van der Waals surface area contributed by atoms with Gasteiger partial charge >= 0.3 is 0 Å². The number of halogens is 2. The van der Waals surface area contributed by atoms with E-state index in [4.69, 9.17) is 0 Å². The Kier molecular flexibility index (Phi) is 12.8. The number of ketones is 1. The van der Waals surface area contributed by atoms with Crippen LogP contribution in [0.3, 0.4) is 0 Å². The lowest BCUT2D eigenvalue weighted by molar-refractivity contribution is -0.115. The van der Waals surface area contributed by atoms with Crippen LogP contribution in [0, 0.1) is 23.5 Å². The second-order valence-electron chi connectivity index (χ2n) is 10.7. The molecule has 1 heterocycles. The number of hydrogen-bond acceptors (Lipinski definition) is 3. The van der Waals surface area contributed by atoms with Gasteiger partial charge in [-0.15, -0.1) is 0 Å². The van der Waals surface area contributed by atoms with Crippen molar-refractivity contribution in [1.29, 1.82) is 0 Å². The molecular formula is C32H44F2N2O2. The SMILES string of the molecule is C1CC1.CC(=O)c1c(F)cccc1C(C(=O)NCc1cccc(F)c1)=C(C)C.CC[C@@H](C)C1CCN(C)C1. The lowest BCUT2D eigenvalue weighted by Crippen LogP contribution is -2.25. The number of nitrogens with zero attached hydrogens (tertiary/aromatic N) is 1. The number of carbonyl (C=O) groups is 2. The van der Waals surface area contributed by atoms with E-state index in [9.17, 15) is 18.4 Å². The Bertz CT molecular complexity index is 1100. The molecule has 6 heteroatoms. The highest BCUT2D eigenvalue weighted by Crippen LogP contribution is 2.26. The minimum Gasteiger partial charge on any atom is -0.348 e. The highest BCUT2D eigenvalue weighted by Gasteiger charge is 2.23. The second-order valence-corrected chi connectivity index (χ2v) is 10.7. The molecule has 0 aromatic heterocycles. The van der Waals surface area contributed by atoms with E-state index in [1.807, 2.05) is 0 Å². The van der Waals surface area contributed by atoms with E-state index in [-0.39, 0.29) is 23.2 Å². The van der Waals surface area contributed by atoms with E-state index in [2.05, 4.69) is 31.1 Å². The molecule has 1 unspecified atom stereocenters. The van der Waals surface area contributed by atoms with Gasteiger partial charge in [-0.1, -0.05) is 69.4 Å². The fourth-order valence-corrected chi connectivity index (χ4v) is 4.39. The Balaban J connectivity index is 0.000000318. The maximum atomic E-state index is 14.1. The fourth-order valence-electron chi connectivity index (χ4n) is 4.39. The maximum absolute atomic E-state index is 14.1. The van der Waals surface area contributed by atoms with Crippen molar-refractivity contribution in [3.05, 3.63) is 76.4 Å². The molecule has 0 bridgehead atoms. The molecule has 2 aromatic rings. The second kappa shape index (κ2) is 15.5. The lowest BCUT2D eigenvalue weighted by Gasteiger charge is -2.16. The van der Waals surface area contributed by atoms with Gasteiger partial charge in [-0.3, -0.25) is 9.59 Å². The third-order valence-corrected chi connectivity index (χ3v) is 6.93. The van der Waals surface area contributed by atoms with Crippen LogP contribution in [0.5, 0.6) is 0 Å². The highest BCUT2D eigenvalue weighted by molar-refractivity contribution is 6.22. The van der Waals surface area contributed by atoms with Crippen LogP contribution >= 0.6 is 0 Å². The smallest absolute Gasteiger partial charge is 0.252 e. The van der Waals surface area contributed by atoms with Crippen molar-refractivity contribution in [2.75, 3.05) is 20.1 Å². The molecule has 2 aliphatic rings. The summed E-state index contributed by atoms with van der Waals surface area (Å²) in [5, 5.41) is 2.69. The van der Waals surface area contributed by atoms with E-state index < -0.39 is 23.3 Å². The van der Waals surface area contributed by atoms with Gasteiger partial charge in [0.1, 0.15) is 11.6 Å². The molecule has 2 aromatic carbocycles. The van der Waals surface area contributed by atoms with E-state index in [0.29, 0.717) is 11.1 Å². The molecule has 0 radical (unpaired) electrons. The number of carbonyl (C=O) groups excluding carboxylic acids is 2. The van der Waals surface area contributed by atoms with Gasteiger partial charge in [-0.25, -0.2) is 8.78 Å². The average molecular weight is 527 g/mol. The first-order valence-electron chi connectivity index (χ1n) is 13.7. The number of amides is 1. The predicted octanol–water partition coefficient (Wildman–Crippen LogP) is 7.43. The molecule has 1 saturated heterocycles. The van der Waals surface area contributed by atoms with Gasteiger partial charge in [-0.2, -0.15) is 0 Å². The lowest BCUT2D eigenvalue weighted by atomic mass is 9.91. The average Bonchev–Trinajstić information content (AvgIpc) is 3.69. The van der Waals surface area contributed by atoms with Crippen LogP contribution in [0.4, 0.5) is 8.78 Å². The standard InChI is InChI=1S/C20H19F2NO2.C9H19N.C3H6/c1-12(2)18(16-8-5-9-17(22)19(16)13(3)24)20(25)23-11-14-6-4-7-15(21)10-14;1-4-8(2)9-5-6-10(3)7-9;1-2-3-1/h4-10H,11H2,1-3H3,(H,23,25);8-9H,4-7H2,1-3H3;1-3H2/t;8-,9?;/m.1./s1. The summed E-state index contributed by atoms with van der Waals surface area (Å²) in [6.07, 6.45) is 7.27. The first-order chi connectivity index (χ1) is 18.0. The number of nitrogens with one attached hydrogen (secondary N) is 1. The molecule has 4 rings (SSSR count). The molecule has 0 spiro atoms. The summed E-state index contributed by atoms with van der Waals surface area (Å²) < 4.78 is 27.3. The quantitative estimate of drug-likeness (QED) is 0.301. The van der Waals surface area contributed by atoms with Crippen molar-refractivity contribution >= 4 is 17.3 Å². The summed E-state index contributed by atoms with van der Waals surface area (Å²) in [5.41, 5.74) is 1.63. The summed E-state index contributed by atoms with van der Waals surface area (Å²) in [5.74, 6) is -0.0399. The van der Waals surface area contributed by atoms with E-state index >= 15 is 0 Å². The summed E-state index contributed by atoms with van der Waals surface area (Å²) in [6, 6.07) is 10.1. The largest absolute Gasteiger partial charge is 0.348 e. The first-order valence-corrected chi connectivity index (χ1v) is 13.7. The number of likely N-dealkylation sites (tertiary alicyclic amines) is 1. The Morgan fingerprint density at radius 1 is 1.05 bits per heavy atom. The van der Waals surface area contributed by atoms with Crippen molar-refractivity contribution in [3.63, 3.8) is 0 Å². The predicted molar refractivity (Wildman–Crippen MR) is 152 cm³/mol. The molecule has 208 valence electrons. The van der Waals surface area contributed by atoms with Crippen molar-refractivity contribution in [1.82, 2.24) is 10.2 Å². The van der Waals surface area contributed by atoms with Crippen molar-refractivity contribution in [2.45, 2.75) is 73.3 Å². The van der Waals surface area contributed by atoms with E-state index in [1.165, 1.54) is 76.4 Å². The van der Waals surface area contributed by atoms with Gasteiger partial charge < -0.3 is 10.2 Å². The zero-order valence-corrected chi connectivity index (χ0v) is 23.9. The van der Waals surface area contributed by atoms with Gasteiger partial charge in [0.2, 0.25) is 0 Å². The number of allylic oxidation sites excluding steroid dienone is 1. The number of rotatable bonds is 7. The van der Waals surface area contributed by atoms with Gasteiger partial charge in [0, 0.05) is 24.2 Å². The summed E-state index contributed by atoms with van der Waals surface area (Å²) in [6.45, 7) is 12.1. The molecule has 1 N–H and O–H groups in total. The maximum Gasteiger partial charge on any atom is 0.252 e. The number of hydrogen-bond donors (Lipinski definition) is 1. The van der Waals surface area contributed by atoms with Crippen LogP contribution in [0.25, 0.3) is 5.57 Å². The van der Waals surface area contributed by atoms with Crippen LogP contribution in [0.15, 0.2) is 48.0 Å². The minimum atomic E-state index is -0.665. The Labute approximate surface area is 227 Å². The summed E-state index contributed by atoms with van der Waals surface area (Å²) >= 11 is 0. The topological polar surface area (TPSA) is 49.4 Å². The zero-order chi connectivity index (χ0) is 28.2. The van der Waals surface area contributed by atoms with E-state index in [0.717, 1.165) is 11.8 Å². The molecule has 1 aliphatic carbocycles. The monoisotopic (exact) mass is 526 g/mol. The van der Waals surface area contributed by atoms with Crippen LogP contribution < -0.4 is 5.32 Å². The van der Waals surface area contributed by atoms with Crippen LogP contribution in [0.2, 0.25) is 0 Å². The summed E-state index contributed by atoms with van der Waals surface area (Å²) in [7, 11) is 2.22. The molecule has 1 aliphatic heterocycles. The molecular weight excluding hydrogens is 482 g/mol. The third kappa shape index (κ3) is 10.1. The third-order valence-electron chi connectivity index (χ3n) is 6.93. The van der Waals surface area contributed by atoms with E-state index in [1.54, 1.807) is 32.0 Å². The number of Topliss-reactive ketones (excluding diaryl/α,β-unsaturated/α-hetero) is 1. The minimum absolute atomic E-state index is 0.111. The molecule has 2 atom stereocenters. The van der Waals surface area contributed by atoms with Crippen LogP contribution in [-0.2, 0) is 11.3 Å². The molecule has 1 saturated carbocycles. The fraction of sp³-hybridized carbons (Fsp3) is 0.500. The van der Waals surface area contributed by atoms with Gasteiger partial charge in [-0.05, 0) is 76.4 Å². The van der Waals surface area contributed by atoms with Crippen LogP contribution in [0.1, 0.15) is 88.2 Å². The van der Waals surface area contributed by atoms with Crippen molar-refractivity contribution < 1.29 is 18.4 Å². The van der Waals surface area contributed by atoms with Gasteiger partial charge in [0.15, 0.2) is 5.78 Å². The Morgan fingerprint density at radius 2 is 1.71 bits per heavy atom. The Hall–Kier alpha value is -2.86. The molecule has 4 nitrogen and oxygen atoms in total. The van der Waals surface area contributed by atoms with Crippen LogP contribution in [-0.4, -0.2) is 36.7 Å². The Morgan fingerprint density at radius 3 is 2.21 bits per heavy atom. The molecule has 1 amide bonds. The van der Waals surface area contributed by atoms with Gasteiger partial charge in [0.05, 0.1) is 5.56 Å².